The van der Waals surface area contributed by atoms with Crippen LogP contribution in [0.15, 0.2) is 24.3 Å². The monoisotopic (exact) mass is 1190 g/mol. The van der Waals surface area contributed by atoms with Crippen LogP contribution in [0.1, 0.15) is 34.1 Å². The van der Waals surface area contributed by atoms with Gasteiger partial charge in [-0.25, -0.2) is 4.79 Å². The highest BCUT2D eigenvalue weighted by molar-refractivity contribution is 6.76. The SMILES string of the molecule is CC(=O)N[C@H]1[C@H]([C@H](O)[C@H](O)CO)O[C@@](O[C@H]2[C@@H](O)[C@@H](CO)O[C@@H](O[C@H]3[C@H](O)[C@@H](N4C(=O)c5ccccc5C4=O)[C@H](O[C@H]4[C@@H](O)[C@@H](CO)O[C@@H](O[C@H]5[C@H](O)[C@@H](O)[C@H](OCC[Si](C)(C)C)O[C@@H]5CO)[C@@H]4O)O[C@@H]3CO)[C@@H]2O)(C(=O)O)C[C@@H]1O. The molecule has 1 aromatic carbocycles. The van der Waals surface area contributed by atoms with Crippen LogP contribution in [0.3, 0.4) is 0 Å². The number of carbonyl (C=O) groups excluding carboxylic acids is 3. The van der Waals surface area contributed by atoms with Crippen molar-refractivity contribution >= 4 is 31.8 Å². The smallest absolute Gasteiger partial charge is 0.364 e. The van der Waals surface area contributed by atoms with Crippen LogP contribution < -0.4 is 5.32 Å². The minimum absolute atomic E-state index is 0.132. The van der Waals surface area contributed by atoms with Crippen LogP contribution >= 0.6 is 0 Å². The largest absolute Gasteiger partial charge is 0.477 e. The first-order valence-electron chi connectivity index (χ1n) is 26.1. The van der Waals surface area contributed by atoms with Crippen molar-refractivity contribution in [3.8, 4) is 0 Å². The van der Waals surface area contributed by atoms with Crippen LogP contribution in [0, 0.1) is 0 Å². The molecule has 0 aliphatic carbocycles. The first kappa shape index (κ1) is 65.1. The molecule has 5 saturated heterocycles. The van der Waals surface area contributed by atoms with Crippen LogP contribution in [0.2, 0.25) is 25.7 Å². The van der Waals surface area contributed by atoms with E-state index in [-0.39, 0.29) is 17.7 Å². The Balaban J connectivity index is 1.18. The Hall–Kier alpha value is -3.48. The van der Waals surface area contributed by atoms with Gasteiger partial charge in [0, 0.05) is 28.0 Å². The van der Waals surface area contributed by atoms with Crippen LogP contribution in [0.25, 0.3) is 0 Å². The number of nitrogens with zero attached hydrogens (tertiary/aromatic N) is 1. The van der Waals surface area contributed by atoms with E-state index in [0.717, 1.165) is 6.92 Å². The molecule has 6 heterocycles. The van der Waals surface area contributed by atoms with Gasteiger partial charge >= 0.3 is 5.97 Å². The van der Waals surface area contributed by atoms with E-state index in [1.807, 2.05) is 0 Å². The number of carboxylic acid groups (broad SMARTS) is 1. The normalized spacial score (nSPS) is 42.1. The first-order chi connectivity index (χ1) is 38.2. The van der Waals surface area contributed by atoms with Gasteiger partial charge in [0.1, 0.15) is 116 Å². The molecule has 32 nitrogen and oxygen atoms in total. The molecule has 0 radical (unpaired) electrons. The lowest BCUT2D eigenvalue weighted by Crippen LogP contribution is -2.71. The summed E-state index contributed by atoms with van der Waals surface area (Å²) >= 11 is 0. The van der Waals surface area contributed by atoms with Crippen LogP contribution in [0.4, 0.5) is 0 Å². The quantitative estimate of drug-likeness (QED) is 0.0379. The molecule has 81 heavy (non-hydrogen) atoms. The summed E-state index contributed by atoms with van der Waals surface area (Å²) in [5.74, 6) is -8.30. The highest BCUT2D eigenvalue weighted by Gasteiger charge is 2.62. The molecule has 33 heteroatoms. The fourth-order valence-corrected chi connectivity index (χ4v) is 11.2. The number of hydrogen-bond acceptors (Lipinski definition) is 29. The summed E-state index contributed by atoms with van der Waals surface area (Å²) in [6.45, 7) is 2.01. The van der Waals surface area contributed by atoms with Crippen LogP contribution in [-0.2, 0) is 57.0 Å². The third-order valence-electron chi connectivity index (χ3n) is 14.9. The van der Waals surface area contributed by atoms with Gasteiger partial charge in [0.25, 0.3) is 17.6 Å². The number of aliphatic hydroxyl groups is 15. The number of rotatable bonds is 22. The molecule has 7 rings (SSSR count). The number of fused-ring (bicyclic) bond motifs is 1. The Morgan fingerprint density at radius 3 is 1.64 bits per heavy atom. The Bertz CT molecular complexity index is 2270. The van der Waals surface area contributed by atoms with Gasteiger partial charge in [-0.05, 0) is 18.2 Å². The Kier molecular flexibility index (Phi) is 21.6. The molecule has 0 aromatic heterocycles. The molecule has 3 amide bonds. The molecule has 0 saturated carbocycles. The molecule has 5 fully saturated rings. The summed E-state index contributed by atoms with van der Waals surface area (Å²) in [6, 6.07) is 2.13. The Morgan fingerprint density at radius 1 is 0.667 bits per heavy atom. The maximum atomic E-state index is 14.2. The Morgan fingerprint density at radius 2 is 1.15 bits per heavy atom. The lowest BCUT2D eigenvalue weighted by Gasteiger charge is -2.52. The first-order valence-corrected chi connectivity index (χ1v) is 29.8. The number of benzene rings is 1. The van der Waals surface area contributed by atoms with E-state index in [1.165, 1.54) is 24.3 Å². The minimum Gasteiger partial charge on any atom is -0.477 e. The summed E-state index contributed by atoms with van der Waals surface area (Å²) < 4.78 is 58.3. The van der Waals surface area contributed by atoms with Gasteiger partial charge in [0.05, 0.1) is 56.3 Å². The summed E-state index contributed by atoms with van der Waals surface area (Å²) in [5, 5.41) is 178. The van der Waals surface area contributed by atoms with E-state index < -0.39 is 230 Å². The number of aliphatic carboxylic acids is 1. The highest BCUT2D eigenvalue weighted by atomic mass is 28.3. The number of ether oxygens (including phenoxy) is 10. The van der Waals surface area contributed by atoms with Crippen LogP contribution in [-0.4, -0.2) is 317 Å². The molecular weight excluding hydrogens is 1110 g/mol. The lowest BCUT2D eigenvalue weighted by molar-refractivity contribution is -0.392. The average molecular weight is 1190 g/mol. The van der Waals surface area contributed by atoms with E-state index in [0.29, 0.717) is 10.9 Å². The summed E-state index contributed by atoms with van der Waals surface area (Å²) in [6.07, 6.45) is -47.9. The minimum atomic E-state index is -3.22. The molecule has 0 unspecified atom stereocenters. The van der Waals surface area contributed by atoms with E-state index >= 15 is 0 Å². The molecule has 0 spiro atoms. The maximum Gasteiger partial charge on any atom is 0.364 e. The lowest BCUT2D eigenvalue weighted by atomic mass is 9.88. The standard InChI is InChI=1S/C48H74N2O30Si/c1-17(56)49-26-20(57)11-48(47(69)70,79-38(26)28(59)21(58)12-51)80-40-30(61)23(14-53)73-46(35(40)66)76-36-24(15-54)74-43(27(31(36)62)50-41(67)18-7-5-6-8-19(18)42(50)68)78-39-29(60)22(13-52)72-45(34(39)65)77-37-25(16-55)75-44(33(64)32(37)63)71-9-10-81(2,3)4/h5-8,20-40,43-46,51-55,57-66H,9-16H2,1-4H3,(H,49,56)(H,69,70)/t20-,21+,22+,23+,24+,25+,26+,27+,28+,29-,30-,31+,32+,33+,34+,35+,36+,37+,38+,39-,40-,43-,44+,45-,46-,48-/m0/s1. The van der Waals surface area contributed by atoms with Gasteiger partial charge in [-0.15, -0.1) is 0 Å². The topological polar surface area (TPSA) is 500 Å². The predicted octanol–water partition coefficient (Wildman–Crippen LogP) is -8.91. The zero-order valence-electron chi connectivity index (χ0n) is 44.2. The van der Waals surface area contributed by atoms with Crippen molar-refractivity contribution in [1.29, 1.82) is 0 Å². The summed E-state index contributed by atoms with van der Waals surface area (Å²) in [7, 11) is -1.64. The molecule has 1 aromatic rings. The fourth-order valence-electron chi connectivity index (χ4n) is 10.5. The number of hydrogen-bond donors (Lipinski definition) is 17. The van der Waals surface area contributed by atoms with E-state index in [9.17, 15) is 101 Å². The number of aliphatic hydroxyl groups excluding tert-OH is 15. The average Bonchev–Trinajstić information content (AvgIpc) is 3.75. The van der Waals surface area contributed by atoms with Gasteiger partial charge < -0.3 is 134 Å². The zero-order valence-corrected chi connectivity index (χ0v) is 45.2. The van der Waals surface area contributed by atoms with Crippen molar-refractivity contribution < 1.29 is 148 Å². The molecule has 17 N–H and O–H groups in total. The molecular formula is C48H74N2O30Si. The molecule has 460 valence electrons. The van der Waals surface area contributed by atoms with Gasteiger partial charge in [-0.1, -0.05) is 31.8 Å². The van der Waals surface area contributed by atoms with Crippen molar-refractivity contribution in [2.45, 2.75) is 198 Å². The molecule has 0 bridgehead atoms. The highest BCUT2D eigenvalue weighted by Crippen LogP contribution is 2.41. The van der Waals surface area contributed by atoms with E-state index in [2.05, 4.69) is 25.0 Å². The predicted molar refractivity (Wildman–Crippen MR) is 262 cm³/mol. The summed E-state index contributed by atoms with van der Waals surface area (Å²) in [4.78, 5) is 54.2. The number of imide groups is 1. The second-order valence-electron chi connectivity index (χ2n) is 21.8. The second-order valence-corrected chi connectivity index (χ2v) is 27.4. The molecule has 6 aliphatic rings. The van der Waals surface area contributed by atoms with Crippen molar-refractivity contribution in [3.05, 3.63) is 35.4 Å². The number of carboxylic acids is 1. The van der Waals surface area contributed by atoms with Crippen LogP contribution in [0.5, 0.6) is 0 Å². The van der Waals surface area contributed by atoms with Crippen molar-refractivity contribution in [2.24, 2.45) is 0 Å². The Labute approximate surface area is 462 Å². The summed E-state index contributed by atoms with van der Waals surface area (Å²) in [5.41, 5.74) is -0.407. The van der Waals surface area contributed by atoms with Gasteiger partial charge in [0.15, 0.2) is 25.2 Å². The molecule has 6 aliphatic heterocycles. The second kappa shape index (κ2) is 26.8. The third kappa shape index (κ3) is 13.5. The zero-order chi connectivity index (χ0) is 59.7. The maximum absolute atomic E-state index is 14.2. The van der Waals surface area contributed by atoms with E-state index in [4.69, 9.17) is 47.4 Å². The van der Waals surface area contributed by atoms with Crippen molar-refractivity contribution in [1.82, 2.24) is 10.2 Å². The van der Waals surface area contributed by atoms with Gasteiger partial charge in [-0.3, -0.25) is 19.3 Å². The number of carbonyl (C=O) groups is 4. The number of nitrogens with one attached hydrogen (secondary N) is 1. The fraction of sp³-hybridized carbons (Fsp3) is 0.792. The van der Waals surface area contributed by atoms with E-state index in [1.54, 1.807) is 0 Å². The van der Waals surface area contributed by atoms with Gasteiger partial charge in [0.2, 0.25) is 5.91 Å². The van der Waals surface area contributed by atoms with Crippen molar-refractivity contribution in [3.63, 3.8) is 0 Å². The number of amides is 3. The third-order valence-corrected chi connectivity index (χ3v) is 16.6. The molecule has 26 atom stereocenters. The van der Waals surface area contributed by atoms with Gasteiger partial charge in [-0.2, -0.15) is 0 Å². The van der Waals surface area contributed by atoms with Crippen molar-refractivity contribution in [2.75, 3.05) is 39.6 Å².